The minimum absolute atomic E-state index is 0.174. The maximum absolute atomic E-state index is 5.80. The summed E-state index contributed by atoms with van der Waals surface area (Å²) in [5, 5.41) is 0.547. The lowest BCUT2D eigenvalue weighted by Crippen LogP contribution is -2.35. The predicted octanol–water partition coefficient (Wildman–Crippen LogP) is 2.71. The number of benzene rings is 1. The van der Waals surface area contributed by atoms with Crippen molar-refractivity contribution in [1.82, 2.24) is 5.43 Å². The molecular formula is C14H22N2OS. The first-order valence-electron chi connectivity index (χ1n) is 6.40. The number of nitrogens with one attached hydrogen (secondary N) is 1. The zero-order valence-electron chi connectivity index (χ0n) is 11.3. The molecule has 2 rings (SSSR count). The van der Waals surface area contributed by atoms with Crippen molar-refractivity contribution in [1.29, 1.82) is 0 Å². The molecule has 0 radical (unpaired) electrons. The summed E-state index contributed by atoms with van der Waals surface area (Å²) in [6, 6.07) is 4.46. The van der Waals surface area contributed by atoms with Gasteiger partial charge < -0.3 is 4.74 Å². The highest BCUT2D eigenvalue weighted by atomic mass is 32.2. The molecule has 1 fully saturated rings. The van der Waals surface area contributed by atoms with E-state index in [-0.39, 0.29) is 6.04 Å². The Hall–Kier alpha value is -0.710. The number of thioether (sulfide) groups is 1. The molecule has 1 aromatic carbocycles. The van der Waals surface area contributed by atoms with Gasteiger partial charge in [-0.2, -0.15) is 11.8 Å². The van der Waals surface area contributed by atoms with Crippen molar-refractivity contribution in [3.8, 4) is 5.75 Å². The number of hydrazine groups is 1. The van der Waals surface area contributed by atoms with E-state index in [1.807, 2.05) is 11.8 Å². The van der Waals surface area contributed by atoms with Gasteiger partial charge in [-0.25, -0.2) is 0 Å². The Bertz CT molecular complexity index is 417. The average Bonchev–Trinajstić information content (AvgIpc) is 2.85. The maximum Gasteiger partial charge on any atom is 0.124 e. The summed E-state index contributed by atoms with van der Waals surface area (Å²) in [4.78, 5) is 0. The number of aryl methyl sites for hydroxylation is 2. The van der Waals surface area contributed by atoms with Crippen LogP contribution in [0.15, 0.2) is 12.1 Å². The van der Waals surface area contributed by atoms with Gasteiger partial charge in [0, 0.05) is 10.8 Å². The third-order valence-electron chi connectivity index (χ3n) is 3.54. The maximum atomic E-state index is 5.80. The molecule has 2 unspecified atom stereocenters. The molecule has 100 valence electrons. The van der Waals surface area contributed by atoms with Gasteiger partial charge in [-0.1, -0.05) is 6.07 Å². The van der Waals surface area contributed by atoms with E-state index in [1.165, 1.54) is 35.3 Å². The van der Waals surface area contributed by atoms with Gasteiger partial charge in [0.2, 0.25) is 0 Å². The Morgan fingerprint density at radius 3 is 2.78 bits per heavy atom. The SMILES string of the molecule is COc1cc(C)cc(C)c1C(NN)C1CCCS1. The van der Waals surface area contributed by atoms with Crippen LogP contribution < -0.4 is 16.0 Å². The quantitative estimate of drug-likeness (QED) is 0.650. The monoisotopic (exact) mass is 266 g/mol. The summed E-state index contributed by atoms with van der Waals surface area (Å²) in [5.41, 5.74) is 6.68. The van der Waals surface area contributed by atoms with E-state index in [9.17, 15) is 0 Å². The normalized spacial score (nSPS) is 21.0. The van der Waals surface area contributed by atoms with Crippen LogP contribution in [0, 0.1) is 13.8 Å². The number of ether oxygens (including phenoxy) is 1. The first kappa shape index (κ1) is 13.7. The van der Waals surface area contributed by atoms with E-state index in [2.05, 4.69) is 31.4 Å². The molecular weight excluding hydrogens is 244 g/mol. The first-order valence-corrected chi connectivity index (χ1v) is 7.45. The largest absolute Gasteiger partial charge is 0.496 e. The Morgan fingerprint density at radius 2 is 2.22 bits per heavy atom. The summed E-state index contributed by atoms with van der Waals surface area (Å²) in [5.74, 6) is 7.98. The van der Waals surface area contributed by atoms with Gasteiger partial charge >= 0.3 is 0 Å². The van der Waals surface area contributed by atoms with E-state index in [0.717, 1.165) is 5.75 Å². The second kappa shape index (κ2) is 5.95. The number of hydrogen-bond acceptors (Lipinski definition) is 4. The molecule has 0 bridgehead atoms. The number of rotatable bonds is 4. The minimum Gasteiger partial charge on any atom is -0.496 e. The molecule has 1 saturated heterocycles. The van der Waals surface area contributed by atoms with Crippen LogP contribution in [0.4, 0.5) is 0 Å². The molecule has 0 aliphatic carbocycles. The second-order valence-electron chi connectivity index (χ2n) is 4.89. The molecule has 0 spiro atoms. The smallest absolute Gasteiger partial charge is 0.124 e. The van der Waals surface area contributed by atoms with Crippen molar-refractivity contribution >= 4 is 11.8 Å². The minimum atomic E-state index is 0.174. The lowest BCUT2D eigenvalue weighted by Gasteiger charge is -2.26. The molecule has 0 aromatic heterocycles. The van der Waals surface area contributed by atoms with E-state index in [1.54, 1.807) is 7.11 Å². The van der Waals surface area contributed by atoms with E-state index < -0.39 is 0 Å². The summed E-state index contributed by atoms with van der Waals surface area (Å²) in [7, 11) is 1.73. The number of hydrogen-bond donors (Lipinski definition) is 2. The molecule has 0 amide bonds. The van der Waals surface area contributed by atoms with Gasteiger partial charge in [0.1, 0.15) is 5.75 Å². The highest BCUT2D eigenvalue weighted by Gasteiger charge is 2.29. The molecule has 3 N–H and O–H groups in total. The topological polar surface area (TPSA) is 47.3 Å². The summed E-state index contributed by atoms with van der Waals surface area (Å²) in [6.07, 6.45) is 2.50. The van der Waals surface area contributed by atoms with Crippen LogP contribution in [0.25, 0.3) is 0 Å². The fourth-order valence-corrected chi connectivity index (χ4v) is 4.13. The first-order chi connectivity index (χ1) is 8.67. The molecule has 18 heavy (non-hydrogen) atoms. The molecule has 3 nitrogen and oxygen atoms in total. The van der Waals surface area contributed by atoms with Crippen molar-refractivity contribution in [3.63, 3.8) is 0 Å². The Labute approximate surface area is 113 Å². The molecule has 1 heterocycles. The highest BCUT2D eigenvalue weighted by molar-refractivity contribution is 8.00. The van der Waals surface area contributed by atoms with Crippen LogP contribution in [0.1, 0.15) is 35.6 Å². The predicted molar refractivity (Wildman–Crippen MR) is 78.0 cm³/mol. The molecule has 2 atom stereocenters. The van der Waals surface area contributed by atoms with E-state index in [0.29, 0.717) is 5.25 Å². The van der Waals surface area contributed by atoms with Gasteiger partial charge in [-0.15, -0.1) is 0 Å². The lowest BCUT2D eigenvalue weighted by molar-refractivity contribution is 0.395. The summed E-state index contributed by atoms with van der Waals surface area (Å²) < 4.78 is 5.54. The van der Waals surface area contributed by atoms with Crippen LogP contribution in [-0.4, -0.2) is 18.1 Å². The van der Waals surface area contributed by atoms with Crippen molar-refractivity contribution < 1.29 is 4.74 Å². The van der Waals surface area contributed by atoms with Gasteiger partial charge in [-0.05, 0) is 49.6 Å². The molecule has 1 aromatic rings. The van der Waals surface area contributed by atoms with Crippen LogP contribution in [-0.2, 0) is 0 Å². The molecule has 4 heteroatoms. The standard InChI is InChI=1S/C14H22N2OS/c1-9-7-10(2)13(11(8-9)17-3)14(16-15)12-5-4-6-18-12/h7-8,12,14,16H,4-6,15H2,1-3H3. The zero-order valence-corrected chi connectivity index (χ0v) is 12.1. The van der Waals surface area contributed by atoms with Crippen LogP contribution in [0.5, 0.6) is 5.75 Å². The molecule has 1 aliphatic rings. The van der Waals surface area contributed by atoms with Gasteiger partial charge in [-0.3, -0.25) is 11.3 Å². The van der Waals surface area contributed by atoms with Gasteiger partial charge in [0.05, 0.1) is 13.2 Å². The zero-order chi connectivity index (χ0) is 13.1. The van der Waals surface area contributed by atoms with Gasteiger partial charge in [0.15, 0.2) is 0 Å². The Balaban J connectivity index is 2.40. The van der Waals surface area contributed by atoms with Crippen molar-refractivity contribution in [2.75, 3.05) is 12.9 Å². The van der Waals surface area contributed by atoms with Gasteiger partial charge in [0.25, 0.3) is 0 Å². The van der Waals surface area contributed by atoms with Crippen LogP contribution >= 0.6 is 11.8 Å². The molecule has 0 saturated carbocycles. The van der Waals surface area contributed by atoms with Crippen LogP contribution in [0.3, 0.4) is 0 Å². The number of nitrogens with two attached hydrogens (primary N) is 1. The van der Waals surface area contributed by atoms with Crippen LogP contribution in [0.2, 0.25) is 0 Å². The Kier molecular flexibility index (Phi) is 4.54. The van der Waals surface area contributed by atoms with Crippen molar-refractivity contribution in [2.45, 2.75) is 38.0 Å². The highest BCUT2D eigenvalue weighted by Crippen LogP contribution is 2.40. The third-order valence-corrected chi connectivity index (χ3v) is 5.00. The summed E-state index contributed by atoms with van der Waals surface area (Å²) >= 11 is 2.00. The van der Waals surface area contributed by atoms with E-state index >= 15 is 0 Å². The van der Waals surface area contributed by atoms with E-state index in [4.69, 9.17) is 10.6 Å². The van der Waals surface area contributed by atoms with Crippen molar-refractivity contribution in [3.05, 3.63) is 28.8 Å². The fourth-order valence-electron chi connectivity index (χ4n) is 2.75. The third kappa shape index (κ3) is 2.66. The summed E-state index contributed by atoms with van der Waals surface area (Å²) in [6.45, 7) is 4.23. The number of methoxy groups -OCH3 is 1. The lowest BCUT2D eigenvalue weighted by atomic mass is 9.94. The molecule has 1 aliphatic heterocycles. The Morgan fingerprint density at radius 1 is 1.44 bits per heavy atom. The van der Waals surface area contributed by atoms with Crippen molar-refractivity contribution in [2.24, 2.45) is 5.84 Å². The second-order valence-corrected chi connectivity index (χ2v) is 6.24. The average molecular weight is 266 g/mol. The fraction of sp³-hybridized carbons (Fsp3) is 0.571.